The van der Waals surface area contributed by atoms with Crippen LogP contribution in [0.15, 0.2) is 47.4 Å². The number of piperidine rings is 1. The molecule has 0 saturated carbocycles. The Morgan fingerprint density at radius 3 is 2.41 bits per heavy atom. The van der Waals surface area contributed by atoms with E-state index in [1.54, 1.807) is 12.1 Å². The zero-order chi connectivity index (χ0) is 19.2. The second kappa shape index (κ2) is 6.35. The fourth-order valence-corrected chi connectivity index (χ4v) is 5.60. The number of carbonyl (C=O) groups is 1. The SMILES string of the molecule is Cc1ccc(S(=O)(=O)N2CCC3(CC2)NC(=O)c2ccccc2N3)c(C)c1. The van der Waals surface area contributed by atoms with Crippen LogP contribution in [-0.4, -0.2) is 37.4 Å². The number of amides is 1. The molecule has 2 N–H and O–H groups in total. The molecule has 2 aromatic rings. The highest BCUT2D eigenvalue weighted by Gasteiger charge is 2.42. The van der Waals surface area contributed by atoms with Crippen LogP contribution in [-0.2, 0) is 10.0 Å². The summed E-state index contributed by atoms with van der Waals surface area (Å²) in [4.78, 5) is 12.8. The zero-order valence-electron chi connectivity index (χ0n) is 15.5. The van der Waals surface area contributed by atoms with Crippen LogP contribution in [0, 0.1) is 13.8 Å². The predicted molar refractivity (Wildman–Crippen MR) is 104 cm³/mol. The van der Waals surface area contributed by atoms with Gasteiger partial charge >= 0.3 is 0 Å². The smallest absolute Gasteiger partial charge is 0.255 e. The monoisotopic (exact) mass is 385 g/mol. The highest BCUT2D eigenvalue weighted by atomic mass is 32.2. The number of anilines is 1. The van der Waals surface area contributed by atoms with Crippen molar-refractivity contribution in [1.82, 2.24) is 9.62 Å². The normalized spacial score (nSPS) is 19.3. The summed E-state index contributed by atoms with van der Waals surface area (Å²) in [6.07, 6.45) is 1.02. The van der Waals surface area contributed by atoms with Gasteiger partial charge in [0.25, 0.3) is 5.91 Å². The molecule has 1 fully saturated rings. The molecule has 1 spiro atoms. The topological polar surface area (TPSA) is 78.5 Å². The number of sulfonamides is 1. The number of para-hydroxylation sites is 1. The van der Waals surface area contributed by atoms with E-state index >= 15 is 0 Å². The van der Waals surface area contributed by atoms with Crippen LogP contribution in [0.4, 0.5) is 5.69 Å². The van der Waals surface area contributed by atoms with Crippen LogP contribution in [0.1, 0.15) is 34.3 Å². The highest BCUT2D eigenvalue weighted by Crippen LogP contribution is 2.33. The van der Waals surface area contributed by atoms with E-state index in [-0.39, 0.29) is 5.91 Å². The van der Waals surface area contributed by atoms with Gasteiger partial charge in [-0.2, -0.15) is 4.31 Å². The van der Waals surface area contributed by atoms with Gasteiger partial charge in [0, 0.05) is 31.6 Å². The van der Waals surface area contributed by atoms with Gasteiger partial charge in [-0.25, -0.2) is 8.42 Å². The number of nitrogens with zero attached hydrogens (tertiary/aromatic N) is 1. The molecule has 1 saturated heterocycles. The van der Waals surface area contributed by atoms with E-state index in [0.717, 1.165) is 16.8 Å². The summed E-state index contributed by atoms with van der Waals surface area (Å²) >= 11 is 0. The minimum atomic E-state index is -3.55. The van der Waals surface area contributed by atoms with Crippen LogP contribution in [0.2, 0.25) is 0 Å². The summed E-state index contributed by atoms with van der Waals surface area (Å²) in [6, 6.07) is 12.8. The van der Waals surface area contributed by atoms with E-state index in [4.69, 9.17) is 0 Å². The van der Waals surface area contributed by atoms with Gasteiger partial charge in [0.15, 0.2) is 0 Å². The first-order valence-corrected chi connectivity index (χ1v) is 10.5. The lowest BCUT2D eigenvalue weighted by molar-refractivity contribution is 0.0865. The van der Waals surface area contributed by atoms with Crippen LogP contribution in [0.25, 0.3) is 0 Å². The Kier molecular flexibility index (Phi) is 4.24. The Morgan fingerprint density at radius 1 is 1.00 bits per heavy atom. The van der Waals surface area contributed by atoms with Crippen LogP contribution in [0.5, 0.6) is 0 Å². The highest BCUT2D eigenvalue weighted by molar-refractivity contribution is 7.89. The van der Waals surface area contributed by atoms with Crippen molar-refractivity contribution in [3.05, 3.63) is 59.2 Å². The Balaban J connectivity index is 1.55. The maximum atomic E-state index is 13.1. The fraction of sp³-hybridized carbons (Fsp3) is 0.350. The number of hydrogen-bond donors (Lipinski definition) is 2. The molecule has 0 bridgehead atoms. The molecular formula is C20H23N3O3S. The maximum Gasteiger partial charge on any atom is 0.255 e. The molecule has 6 nitrogen and oxygen atoms in total. The lowest BCUT2D eigenvalue weighted by Gasteiger charge is -2.45. The maximum absolute atomic E-state index is 13.1. The average Bonchev–Trinajstić information content (AvgIpc) is 2.62. The van der Waals surface area contributed by atoms with Gasteiger partial charge in [-0.15, -0.1) is 0 Å². The zero-order valence-corrected chi connectivity index (χ0v) is 16.3. The molecule has 1 amide bonds. The number of nitrogens with one attached hydrogen (secondary N) is 2. The predicted octanol–water partition coefficient (Wildman–Crippen LogP) is 2.64. The van der Waals surface area contributed by atoms with Crippen LogP contribution < -0.4 is 10.6 Å². The number of fused-ring (bicyclic) bond motifs is 1. The molecule has 2 heterocycles. The van der Waals surface area contributed by atoms with Gasteiger partial charge in [-0.3, -0.25) is 4.79 Å². The van der Waals surface area contributed by atoms with Gasteiger partial charge in [0.05, 0.1) is 10.5 Å². The van der Waals surface area contributed by atoms with Gasteiger partial charge in [-0.05, 0) is 37.6 Å². The number of rotatable bonds is 2. The first-order chi connectivity index (χ1) is 12.8. The van der Waals surface area contributed by atoms with E-state index in [1.165, 1.54) is 4.31 Å². The second-order valence-corrected chi connectivity index (χ2v) is 9.29. The van der Waals surface area contributed by atoms with Crippen molar-refractivity contribution in [2.45, 2.75) is 37.2 Å². The van der Waals surface area contributed by atoms with E-state index < -0.39 is 15.7 Å². The van der Waals surface area contributed by atoms with E-state index in [1.807, 2.05) is 44.2 Å². The van der Waals surface area contributed by atoms with Crippen molar-refractivity contribution >= 4 is 21.6 Å². The summed E-state index contributed by atoms with van der Waals surface area (Å²) in [5.74, 6) is -0.116. The summed E-state index contributed by atoms with van der Waals surface area (Å²) in [5, 5.41) is 6.47. The standard InChI is InChI=1S/C20H23N3O3S/c1-14-7-8-18(15(2)13-14)27(25,26)23-11-9-20(10-12-23)21-17-6-4-3-5-16(17)19(24)22-20/h3-8,13,21H,9-12H2,1-2H3,(H,22,24). The molecule has 0 unspecified atom stereocenters. The van der Waals surface area contributed by atoms with Crippen molar-refractivity contribution in [2.75, 3.05) is 18.4 Å². The van der Waals surface area contributed by atoms with E-state index in [2.05, 4.69) is 10.6 Å². The van der Waals surface area contributed by atoms with E-state index in [9.17, 15) is 13.2 Å². The third-order valence-electron chi connectivity index (χ3n) is 5.42. The van der Waals surface area contributed by atoms with Gasteiger partial charge in [0.2, 0.25) is 10.0 Å². The van der Waals surface area contributed by atoms with Crippen molar-refractivity contribution < 1.29 is 13.2 Å². The number of benzene rings is 2. The minimum Gasteiger partial charge on any atom is -0.362 e. The van der Waals surface area contributed by atoms with Crippen molar-refractivity contribution in [1.29, 1.82) is 0 Å². The molecule has 2 aromatic carbocycles. The number of aryl methyl sites for hydroxylation is 2. The third kappa shape index (κ3) is 3.11. The van der Waals surface area contributed by atoms with Gasteiger partial charge < -0.3 is 10.6 Å². The molecule has 0 radical (unpaired) electrons. The quantitative estimate of drug-likeness (QED) is 0.833. The minimum absolute atomic E-state index is 0.116. The Labute approximate surface area is 159 Å². The molecule has 0 atom stereocenters. The molecule has 7 heteroatoms. The van der Waals surface area contributed by atoms with Crippen LogP contribution >= 0.6 is 0 Å². The molecule has 2 aliphatic rings. The number of hydrogen-bond acceptors (Lipinski definition) is 4. The molecule has 142 valence electrons. The first-order valence-electron chi connectivity index (χ1n) is 9.08. The Bertz CT molecular complexity index is 1010. The van der Waals surface area contributed by atoms with Gasteiger partial charge in [0.1, 0.15) is 5.66 Å². The molecule has 27 heavy (non-hydrogen) atoms. The fourth-order valence-electron chi connectivity index (χ4n) is 3.95. The summed E-state index contributed by atoms with van der Waals surface area (Å²) in [5.41, 5.74) is 2.62. The first kappa shape index (κ1) is 18.0. The molecule has 0 aromatic heterocycles. The number of carbonyl (C=O) groups excluding carboxylic acids is 1. The summed E-state index contributed by atoms with van der Waals surface area (Å²) < 4.78 is 27.7. The second-order valence-electron chi connectivity index (χ2n) is 7.38. The average molecular weight is 385 g/mol. The van der Waals surface area contributed by atoms with Crippen molar-refractivity contribution in [3.63, 3.8) is 0 Å². The Hall–Kier alpha value is -2.38. The Morgan fingerprint density at radius 2 is 1.70 bits per heavy atom. The molecule has 0 aliphatic carbocycles. The molecule has 2 aliphatic heterocycles. The third-order valence-corrected chi connectivity index (χ3v) is 7.48. The molecule has 4 rings (SSSR count). The lowest BCUT2D eigenvalue weighted by atomic mass is 9.93. The van der Waals surface area contributed by atoms with Crippen LogP contribution in [0.3, 0.4) is 0 Å². The van der Waals surface area contributed by atoms with Gasteiger partial charge in [-0.1, -0.05) is 29.8 Å². The summed E-state index contributed by atoms with van der Waals surface area (Å²) in [6.45, 7) is 4.48. The largest absolute Gasteiger partial charge is 0.362 e. The lowest BCUT2D eigenvalue weighted by Crippen LogP contribution is -2.62. The summed E-state index contributed by atoms with van der Waals surface area (Å²) in [7, 11) is -3.55. The molecular weight excluding hydrogens is 362 g/mol. The van der Waals surface area contributed by atoms with Crippen molar-refractivity contribution in [2.24, 2.45) is 0 Å². The van der Waals surface area contributed by atoms with E-state index in [0.29, 0.717) is 36.4 Å². The van der Waals surface area contributed by atoms with Crippen molar-refractivity contribution in [3.8, 4) is 0 Å².